The molecule has 1 N–H and O–H groups in total. The summed E-state index contributed by atoms with van der Waals surface area (Å²) in [5.41, 5.74) is 4.11. The third kappa shape index (κ3) is 3.99. The average molecular weight is 434 g/mol. The van der Waals surface area contributed by atoms with Crippen molar-refractivity contribution in [3.8, 4) is 5.75 Å². The molecule has 1 fully saturated rings. The van der Waals surface area contributed by atoms with Gasteiger partial charge in [0.15, 0.2) is 5.65 Å². The van der Waals surface area contributed by atoms with Gasteiger partial charge < -0.3 is 24.3 Å². The lowest BCUT2D eigenvalue weighted by Crippen LogP contribution is -2.37. The summed E-state index contributed by atoms with van der Waals surface area (Å²) in [5, 5.41) is 8.22. The molecule has 9 heteroatoms. The number of anilines is 3. The number of nitrogens with zero attached hydrogens (tertiary/aromatic N) is 6. The number of methoxy groups -OCH3 is 1. The molecule has 9 nitrogen and oxygen atoms in total. The second kappa shape index (κ2) is 8.51. The lowest BCUT2D eigenvalue weighted by molar-refractivity contribution is 0.122. The number of aryl methyl sites for hydroxylation is 2. The molecule has 0 aliphatic carbocycles. The SMILES string of the molecule is COc1ccc(Cc2c(C)nn3c(N4CCOCC4)cc(Nc4cn(C)cn4)nc23)cc1. The van der Waals surface area contributed by atoms with E-state index in [0.717, 1.165) is 59.6 Å². The largest absolute Gasteiger partial charge is 0.497 e. The Morgan fingerprint density at radius 2 is 1.91 bits per heavy atom. The molecule has 1 aromatic carbocycles. The van der Waals surface area contributed by atoms with Crippen molar-refractivity contribution in [3.05, 3.63) is 59.7 Å². The van der Waals surface area contributed by atoms with Crippen LogP contribution in [0.25, 0.3) is 5.65 Å². The van der Waals surface area contributed by atoms with E-state index in [0.29, 0.717) is 13.2 Å². The maximum Gasteiger partial charge on any atom is 0.163 e. The smallest absolute Gasteiger partial charge is 0.163 e. The first-order valence-electron chi connectivity index (χ1n) is 10.7. The molecular formula is C23H27N7O2. The first-order valence-corrected chi connectivity index (χ1v) is 10.7. The molecule has 3 aromatic heterocycles. The van der Waals surface area contributed by atoms with E-state index in [1.54, 1.807) is 13.4 Å². The zero-order chi connectivity index (χ0) is 22.1. The number of rotatable bonds is 6. The minimum atomic E-state index is 0.700. The monoisotopic (exact) mass is 433 g/mol. The minimum Gasteiger partial charge on any atom is -0.497 e. The molecule has 4 heterocycles. The maximum absolute atomic E-state index is 5.56. The Morgan fingerprint density at radius 1 is 1.12 bits per heavy atom. The zero-order valence-electron chi connectivity index (χ0n) is 18.6. The van der Waals surface area contributed by atoms with E-state index >= 15 is 0 Å². The Hall–Kier alpha value is -3.59. The summed E-state index contributed by atoms with van der Waals surface area (Å²) in [7, 11) is 3.62. The Bertz CT molecular complexity index is 1220. The van der Waals surface area contributed by atoms with Gasteiger partial charge in [-0.15, -0.1) is 0 Å². The van der Waals surface area contributed by atoms with Crippen LogP contribution in [0.3, 0.4) is 0 Å². The molecule has 1 saturated heterocycles. The molecule has 0 atom stereocenters. The number of hydrogen-bond acceptors (Lipinski definition) is 7. The lowest BCUT2D eigenvalue weighted by Gasteiger charge is -2.29. The Labute approximate surface area is 186 Å². The van der Waals surface area contributed by atoms with Crippen molar-refractivity contribution in [1.82, 2.24) is 24.1 Å². The predicted molar refractivity (Wildman–Crippen MR) is 123 cm³/mol. The molecule has 4 aromatic rings. The van der Waals surface area contributed by atoms with Gasteiger partial charge in [-0.3, -0.25) is 0 Å². The third-order valence-electron chi connectivity index (χ3n) is 5.70. The van der Waals surface area contributed by atoms with Crippen molar-refractivity contribution >= 4 is 23.1 Å². The van der Waals surface area contributed by atoms with Crippen LogP contribution < -0.4 is 15.0 Å². The van der Waals surface area contributed by atoms with Gasteiger partial charge in [-0.1, -0.05) is 12.1 Å². The summed E-state index contributed by atoms with van der Waals surface area (Å²) in [6, 6.07) is 10.2. The van der Waals surface area contributed by atoms with Crippen LogP contribution in [0.1, 0.15) is 16.8 Å². The van der Waals surface area contributed by atoms with Crippen molar-refractivity contribution < 1.29 is 9.47 Å². The number of hydrogen-bond donors (Lipinski definition) is 1. The maximum atomic E-state index is 5.56. The molecule has 166 valence electrons. The van der Waals surface area contributed by atoms with Crippen molar-refractivity contribution in [3.63, 3.8) is 0 Å². The number of aromatic nitrogens is 5. The summed E-state index contributed by atoms with van der Waals surface area (Å²) in [5.74, 6) is 3.35. The van der Waals surface area contributed by atoms with E-state index in [9.17, 15) is 0 Å². The predicted octanol–water partition coefficient (Wildman–Crippen LogP) is 2.95. The number of morpholine rings is 1. The van der Waals surface area contributed by atoms with Gasteiger partial charge in [-0.2, -0.15) is 9.61 Å². The summed E-state index contributed by atoms with van der Waals surface area (Å²) in [6.07, 6.45) is 4.43. The summed E-state index contributed by atoms with van der Waals surface area (Å²) >= 11 is 0. The Kier molecular flexibility index (Phi) is 5.40. The second-order valence-electron chi connectivity index (χ2n) is 7.97. The zero-order valence-corrected chi connectivity index (χ0v) is 18.6. The molecule has 5 rings (SSSR count). The van der Waals surface area contributed by atoms with Crippen molar-refractivity contribution in [1.29, 1.82) is 0 Å². The van der Waals surface area contributed by atoms with Gasteiger partial charge in [0.1, 0.15) is 23.2 Å². The average Bonchev–Trinajstić information content (AvgIpc) is 3.37. The molecule has 1 aliphatic rings. The van der Waals surface area contributed by atoms with Crippen LogP contribution >= 0.6 is 0 Å². The highest BCUT2D eigenvalue weighted by atomic mass is 16.5. The van der Waals surface area contributed by atoms with Gasteiger partial charge in [-0.05, 0) is 24.6 Å². The quantitative estimate of drug-likeness (QED) is 0.501. The molecule has 0 bridgehead atoms. The van der Waals surface area contributed by atoms with Crippen molar-refractivity contribution in [2.24, 2.45) is 7.05 Å². The van der Waals surface area contributed by atoms with Crippen LogP contribution in [0.4, 0.5) is 17.5 Å². The summed E-state index contributed by atoms with van der Waals surface area (Å²) in [6.45, 7) is 5.07. The van der Waals surface area contributed by atoms with E-state index in [1.165, 1.54) is 5.56 Å². The highest BCUT2D eigenvalue weighted by Crippen LogP contribution is 2.28. The molecule has 32 heavy (non-hydrogen) atoms. The van der Waals surface area contributed by atoms with Gasteiger partial charge in [0, 0.05) is 44.4 Å². The van der Waals surface area contributed by atoms with E-state index in [4.69, 9.17) is 19.6 Å². The van der Waals surface area contributed by atoms with Crippen LogP contribution in [0, 0.1) is 6.92 Å². The van der Waals surface area contributed by atoms with Crippen molar-refractivity contribution in [2.45, 2.75) is 13.3 Å². The van der Waals surface area contributed by atoms with E-state index in [-0.39, 0.29) is 0 Å². The first-order chi connectivity index (χ1) is 15.6. The summed E-state index contributed by atoms with van der Waals surface area (Å²) < 4.78 is 14.7. The second-order valence-corrected chi connectivity index (χ2v) is 7.97. The Balaban J connectivity index is 1.58. The number of imidazole rings is 1. The molecule has 0 radical (unpaired) electrons. The Morgan fingerprint density at radius 3 is 2.59 bits per heavy atom. The van der Waals surface area contributed by atoms with Gasteiger partial charge >= 0.3 is 0 Å². The molecule has 0 spiro atoms. The van der Waals surface area contributed by atoms with Crippen LogP contribution in [0.5, 0.6) is 5.75 Å². The van der Waals surface area contributed by atoms with Crippen LogP contribution in [-0.4, -0.2) is 57.6 Å². The number of nitrogens with one attached hydrogen (secondary N) is 1. The van der Waals surface area contributed by atoms with Gasteiger partial charge in [-0.25, -0.2) is 9.97 Å². The highest BCUT2D eigenvalue weighted by Gasteiger charge is 2.21. The molecule has 0 amide bonds. The fraction of sp³-hybridized carbons (Fsp3) is 0.348. The molecular weight excluding hydrogens is 406 g/mol. The van der Waals surface area contributed by atoms with E-state index in [2.05, 4.69) is 27.3 Å². The minimum absolute atomic E-state index is 0.700. The summed E-state index contributed by atoms with van der Waals surface area (Å²) in [4.78, 5) is 11.6. The highest BCUT2D eigenvalue weighted by molar-refractivity contribution is 5.66. The van der Waals surface area contributed by atoms with Crippen LogP contribution in [0.2, 0.25) is 0 Å². The van der Waals surface area contributed by atoms with Crippen molar-refractivity contribution in [2.75, 3.05) is 43.6 Å². The normalized spacial score (nSPS) is 14.2. The van der Waals surface area contributed by atoms with Gasteiger partial charge in [0.25, 0.3) is 0 Å². The molecule has 0 saturated carbocycles. The van der Waals surface area contributed by atoms with Crippen LogP contribution in [-0.2, 0) is 18.2 Å². The van der Waals surface area contributed by atoms with Gasteiger partial charge in [0.2, 0.25) is 0 Å². The fourth-order valence-corrected chi connectivity index (χ4v) is 4.00. The molecule has 1 aliphatic heterocycles. The first kappa shape index (κ1) is 20.3. The number of ether oxygens (including phenoxy) is 2. The lowest BCUT2D eigenvalue weighted by atomic mass is 10.1. The third-order valence-corrected chi connectivity index (χ3v) is 5.70. The number of benzene rings is 1. The fourth-order valence-electron chi connectivity index (χ4n) is 4.00. The van der Waals surface area contributed by atoms with Crippen LogP contribution in [0.15, 0.2) is 42.9 Å². The van der Waals surface area contributed by atoms with E-state index in [1.807, 2.05) is 47.4 Å². The molecule has 0 unspecified atom stereocenters. The van der Waals surface area contributed by atoms with Gasteiger partial charge in [0.05, 0.1) is 32.3 Å². The van der Waals surface area contributed by atoms with E-state index < -0.39 is 0 Å². The number of fused-ring (bicyclic) bond motifs is 1. The topological polar surface area (TPSA) is 81.7 Å². The standard InChI is InChI=1S/C23H27N7O2/c1-16-19(12-17-4-6-18(31-3)7-5-17)23-26-20(25-21-14-28(2)15-24-21)13-22(30(23)27-16)29-8-10-32-11-9-29/h4-7,13-15H,8-12H2,1-3H3,(H,25,26).